The zero-order chi connectivity index (χ0) is 20.5. The van der Waals surface area contributed by atoms with Gasteiger partial charge in [0.25, 0.3) is 5.56 Å². The molecule has 0 radical (unpaired) electrons. The molecule has 5 nitrogen and oxygen atoms in total. The molecule has 1 atom stereocenters. The van der Waals surface area contributed by atoms with Gasteiger partial charge in [-0.05, 0) is 35.7 Å². The molecule has 152 valence electrons. The van der Waals surface area contributed by atoms with Crippen LogP contribution in [0, 0.1) is 5.92 Å². The van der Waals surface area contributed by atoms with E-state index in [9.17, 15) is 4.79 Å². The van der Waals surface area contributed by atoms with Crippen LogP contribution in [0.2, 0.25) is 0 Å². The molecule has 0 aliphatic carbocycles. The van der Waals surface area contributed by atoms with Gasteiger partial charge in [0.2, 0.25) is 0 Å². The predicted molar refractivity (Wildman–Crippen MR) is 120 cm³/mol. The van der Waals surface area contributed by atoms with Gasteiger partial charge in [0.15, 0.2) is 5.16 Å². The Bertz CT molecular complexity index is 1100. The average molecular weight is 429 g/mol. The fraction of sp³-hybridized carbons (Fsp3) is 0.364. The Morgan fingerprint density at radius 1 is 1.41 bits per heavy atom. The lowest BCUT2D eigenvalue weighted by Crippen LogP contribution is -2.28. The lowest BCUT2D eigenvalue weighted by atomic mass is 9.96. The third-order valence-electron chi connectivity index (χ3n) is 5.12. The lowest BCUT2D eigenvalue weighted by Gasteiger charge is -2.26. The zero-order valence-electron chi connectivity index (χ0n) is 16.8. The van der Waals surface area contributed by atoms with Gasteiger partial charge in [-0.3, -0.25) is 9.36 Å². The van der Waals surface area contributed by atoms with Crippen molar-refractivity contribution in [2.75, 3.05) is 12.9 Å². The van der Waals surface area contributed by atoms with Crippen molar-refractivity contribution in [3.8, 4) is 11.4 Å². The number of hydrogen-bond acceptors (Lipinski definition) is 6. The van der Waals surface area contributed by atoms with Gasteiger partial charge in [0.05, 0.1) is 30.9 Å². The molecular formula is C22H24N2O3S2. The van der Waals surface area contributed by atoms with Gasteiger partial charge < -0.3 is 9.47 Å². The van der Waals surface area contributed by atoms with Crippen LogP contribution in [0.5, 0.6) is 5.75 Å². The normalized spacial score (nSPS) is 16.2. The van der Waals surface area contributed by atoms with Crippen LogP contribution >= 0.6 is 23.1 Å². The van der Waals surface area contributed by atoms with Gasteiger partial charge in [-0.1, -0.05) is 31.7 Å². The molecular weight excluding hydrogens is 404 g/mol. The fourth-order valence-electron chi connectivity index (χ4n) is 3.53. The van der Waals surface area contributed by atoms with Crippen LogP contribution in [0.1, 0.15) is 24.3 Å². The summed E-state index contributed by atoms with van der Waals surface area (Å²) in [6.45, 7) is 8.66. The van der Waals surface area contributed by atoms with E-state index in [1.807, 2.05) is 30.3 Å². The van der Waals surface area contributed by atoms with Crippen molar-refractivity contribution in [3.05, 3.63) is 57.7 Å². The Balaban J connectivity index is 1.92. The summed E-state index contributed by atoms with van der Waals surface area (Å²) >= 11 is 3.09. The third kappa shape index (κ3) is 3.74. The van der Waals surface area contributed by atoms with Gasteiger partial charge in [0, 0.05) is 17.1 Å². The molecule has 3 heterocycles. The minimum Gasteiger partial charge on any atom is -0.497 e. The van der Waals surface area contributed by atoms with E-state index in [0.717, 1.165) is 38.5 Å². The molecule has 0 amide bonds. The SMILES string of the molecule is C=CCSc1nc2sc3c(c2c(=O)n1-c1ccc(OC)cc1)C[C@H](C(C)C)OC3. The maximum Gasteiger partial charge on any atom is 0.267 e. The Morgan fingerprint density at radius 2 is 2.17 bits per heavy atom. The summed E-state index contributed by atoms with van der Waals surface area (Å²) in [6.07, 6.45) is 2.70. The number of hydrogen-bond donors (Lipinski definition) is 0. The van der Waals surface area contributed by atoms with E-state index < -0.39 is 0 Å². The molecule has 0 spiro atoms. The Morgan fingerprint density at radius 3 is 2.83 bits per heavy atom. The highest BCUT2D eigenvalue weighted by molar-refractivity contribution is 7.99. The van der Waals surface area contributed by atoms with Crippen LogP contribution in [0.15, 0.2) is 46.9 Å². The second-order valence-corrected chi connectivity index (χ2v) is 9.38. The van der Waals surface area contributed by atoms with Gasteiger partial charge in [-0.15, -0.1) is 17.9 Å². The molecule has 0 saturated carbocycles. The number of rotatable bonds is 6. The molecule has 29 heavy (non-hydrogen) atoms. The fourth-order valence-corrected chi connectivity index (χ4v) is 5.44. The first-order valence-electron chi connectivity index (χ1n) is 9.60. The van der Waals surface area contributed by atoms with Crippen LogP contribution in [0.3, 0.4) is 0 Å². The molecule has 0 fully saturated rings. The smallest absolute Gasteiger partial charge is 0.267 e. The first-order chi connectivity index (χ1) is 14.0. The van der Waals surface area contributed by atoms with E-state index in [0.29, 0.717) is 23.4 Å². The topological polar surface area (TPSA) is 53.4 Å². The lowest BCUT2D eigenvalue weighted by molar-refractivity contribution is 0.00200. The highest BCUT2D eigenvalue weighted by Gasteiger charge is 2.28. The van der Waals surface area contributed by atoms with Crippen LogP contribution < -0.4 is 10.3 Å². The van der Waals surface area contributed by atoms with Gasteiger partial charge in [0.1, 0.15) is 10.6 Å². The van der Waals surface area contributed by atoms with Crippen LogP contribution in [-0.4, -0.2) is 28.5 Å². The molecule has 0 bridgehead atoms. The van der Waals surface area contributed by atoms with Gasteiger partial charge in [-0.2, -0.15) is 0 Å². The minimum absolute atomic E-state index is 0.0198. The average Bonchev–Trinajstić information content (AvgIpc) is 3.10. The molecule has 7 heteroatoms. The van der Waals surface area contributed by atoms with E-state index in [-0.39, 0.29) is 11.7 Å². The van der Waals surface area contributed by atoms with Crippen LogP contribution in [0.4, 0.5) is 0 Å². The minimum atomic E-state index is -0.0198. The molecule has 2 aromatic heterocycles. The summed E-state index contributed by atoms with van der Waals surface area (Å²) in [6, 6.07) is 7.51. The molecule has 4 rings (SSSR count). The van der Waals surface area contributed by atoms with E-state index in [4.69, 9.17) is 14.5 Å². The highest BCUT2D eigenvalue weighted by Crippen LogP contribution is 2.36. The molecule has 1 aliphatic rings. The van der Waals surface area contributed by atoms with E-state index in [1.165, 1.54) is 11.8 Å². The van der Waals surface area contributed by atoms with Gasteiger partial charge >= 0.3 is 0 Å². The molecule has 0 N–H and O–H groups in total. The molecule has 1 aromatic carbocycles. The van der Waals surface area contributed by atoms with Crippen molar-refractivity contribution < 1.29 is 9.47 Å². The number of nitrogens with zero attached hydrogens (tertiary/aromatic N) is 2. The second kappa shape index (κ2) is 8.34. The predicted octanol–water partition coefficient (Wildman–Crippen LogP) is 4.83. The Labute approximate surface area is 178 Å². The Kier molecular flexibility index (Phi) is 5.81. The number of methoxy groups -OCH3 is 1. The number of thiophene rings is 1. The van der Waals surface area contributed by atoms with Crippen molar-refractivity contribution in [2.24, 2.45) is 5.92 Å². The Hall–Kier alpha value is -2.09. The van der Waals surface area contributed by atoms with E-state index in [1.54, 1.807) is 23.0 Å². The maximum atomic E-state index is 13.7. The van der Waals surface area contributed by atoms with Crippen molar-refractivity contribution >= 4 is 33.3 Å². The van der Waals surface area contributed by atoms with Crippen molar-refractivity contribution in [1.29, 1.82) is 0 Å². The molecule has 0 unspecified atom stereocenters. The number of ether oxygens (including phenoxy) is 2. The molecule has 0 saturated heterocycles. The van der Waals surface area contributed by atoms with Crippen molar-refractivity contribution in [1.82, 2.24) is 9.55 Å². The first kappa shape index (κ1) is 20.2. The van der Waals surface area contributed by atoms with E-state index in [2.05, 4.69) is 20.4 Å². The molecule has 3 aromatic rings. The summed E-state index contributed by atoms with van der Waals surface area (Å²) < 4.78 is 13.0. The quantitative estimate of drug-likeness (QED) is 0.320. The number of benzene rings is 1. The second-order valence-electron chi connectivity index (χ2n) is 7.31. The summed E-state index contributed by atoms with van der Waals surface area (Å²) in [5, 5.41) is 1.41. The maximum absolute atomic E-state index is 13.7. The number of aromatic nitrogens is 2. The molecule has 1 aliphatic heterocycles. The summed E-state index contributed by atoms with van der Waals surface area (Å²) in [4.78, 5) is 20.5. The number of thioether (sulfide) groups is 1. The van der Waals surface area contributed by atoms with E-state index >= 15 is 0 Å². The monoisotopic (exact) mass is 428 g/mol. The van der Waals surface area contributed by atoms with Crippen molar-refractivity contribution in [3.63, 3.8) is 0 Å². The standard InChI is InChI=1S/C22H24N2O3S2/c1-5-10-28-22-23-20-19(16-11-17(13(2)3)27-12-18(16)29-20)21(25)24(22)14-6-8-15(26-4)9-7-14/h5-9,13,17H,1,10-12H2,2-4H3/t17-/m1/s1. The largest absolute Gasteiger partial charge is 0.497 e. The van der Waals surface area contributed by atoms with Crippen LogP contribution in [0.25, 0.3) is 15.9 Å². The van der Waals surface area contributed by atoms with Crippen molar-refractivity contribution in [2.45, 2.75) is 38.1 Å². The first-order valence-corrected chi connectivity index (χ1v) is 11.4. The van der Waals surface area contributed by atoms with Crippen LogP contribution in [-0.2, 0) is 17.8 Å². The third-order valence-corrected chi connectivity index (χ3v) is 7.15. The van der Waals surface area contributed by atoms with Gasteiger partial charge in [-0.25, -0.2) is 4.98 Å². The highest BCUT2D eigenvalue weighted by atomic mass is 32.2. The summed E-state index contributed by atoms with van der Waals surface area (Å²) in [7, 11) is 1.63. The summed E-state index contributed by atoms with van der Waals surface area (Å²) in [5.41, 5.74) is 1.87. The zero-order valence-corrected chi connectivity index (χ0v) is 18.4. The summed E-state index contributed by atoms with van der Waals surface area (Å²) in [5.74, 6) is 1.83. The number of fused-ring (bicyclic) bond motifs is 3.